The highest BCUT2D eigenvalue weighted by molar-refractivity contribution is 6.29. The Morgan fingerprint density at radius 2 is 1.94 bits per heavy atom. The number of fused-ring (bicyclic) bond motifs is 1. The third-order valence-electron chi connectivity index (χ3n) is 2.49. The van der Waals surface area contributed by atoms with Gasteiger partial charge < -0.3 is 0 Å². The Kier molecular flexibility index (Phi) is 2.30. The van der Waals surface area contributed by atoms with Crippen molar-refractivity contribution >= 4 is 17.2 Å². The number of halogens is 1. The predicted molar refractivity (Wildman–Crippen MR) is 66.0 cm³/mol. The molecule has 0 spiro atoms. The zero-order chi connectivity index (χ0) is 11.8. The number of hydrogen-bond donors (Lipinski definition) is 0. The van der Waals surface area contributed by atoms with Crippen LogP contribution < -0.4 is 0 Å². The van der Waals surface area contributed by atoms with Gasteiger partial charge in [0.25, 0.3) is 0 Å². The highest BCUT2D eigenvalue weighted by atomic mass is 35.5. The fourth-order valence-electron chi connectivity index (χ4n) is 1.72. The van der Waals surface area contributed by atoms with E-state index in [1.165, 1.54) is 0 Å². The Labute approximate surface area is 103 Å². The smallest absolute Gasteiger partial charge is 0.157 e. The first-order valence-electron chi connectivity index (χ1n) is 5.17. The largest absolute Gasteiger partial charge is 0.265 e. The lowest BCUT2D eigenvalue weighted by Gasteiger charge is -1.97. The lowest BCUT2D eigenvalue weighted by atomic mass is 10.2. The molecule has 17 heavy (non-hydrogen) atoms. The van der Waals surface area contributed by atoms with E-state index in [4.69, 9.17) is 11.6 Å². The molecule has 0 atom stereocenters. The number of nitrogens with zero attached hydrogens (tertiary/aromatic N) is 4. The first kappa shape index (κ1) is 10.2. The van der Waals surface area contributed by atoms with Gasteiger partial charge in [-0.05, 0) is 25.1 Å². The van der Waals surface area contributed by atoms with Crippen molar-refractivity contribution in [2.45, 2.75) is 6.92 Å². The molecule has 0 N–H and O–H groups in total. The number of pyridine rings is 1. The van der Waals surface area contributed by atoms with Crippen LogP contribution in [0.2, 0.25) is 5.15 Å². The van der Waals surface area contributed by atoms with E-state index in [-0.39, 0.29) is 0 Å². The second-order valence-corrected chi connectivity index (χ2v) is 4.14. The summed E-state index contributed by atoms with van der Waals surface area (Å²) in [6.45, 7) is 1.91. The molecule has 0 saturated carbocycles. The molecule has 4 nitrogen and oxygen atoms in total. The van der Waals surface area contributed by atoms with E-state index in [1.54, 1.807) is 23.0 Å². The summed E-state index contributed by atoms with van der Waals surface area (Å²) >= 11 is 6.11. The SMILES string of the molecule is Cc1cc(Cl)n2nc(-c3ccncc3)cc2n1. The highest BCUT2D eigenvalue weighted by Crippen LogP contribution is 2.20. The van der Waals surface area contributed by atoms with Gasteiger partial charge in [0.2, 0.25) is 0 Å². The molecule has 3 aromatic heterocycles. The Morgan fingerprint density at radius 1 is 1.18 bits per heavy atom. The first-order valence-corrected chi connectivity index (χ1v) is 5.55. The molecular weight excluding hydrogens is 236 g/mol. The predicted octanol–water partition coefficient (Wildman–Crippen LogP) is 2.75. The topological polar surface area (TPSA) is 43.1 Å². The summed E-state index contributed by atoms with van der Waals surface area (Å²) in [6.07, 6.45) is 3.47. The minimum atomic E-state index is 0.563. The normalized spacial score (nSPS) is 10.9. The molecule has 0 amide bonds. The fourth-order valence-corrected chi connectivity index (χ4v) is 2.00. The van der Waals surface area contributed by atoms with E-state index in [0.29, 0.717) is 5.15 Å². The van der Waals surface area contributed by atoms with Gasteiger partial charge in [-0.15, -0.1) is 0 Å². The van der Waals surface area contributed by atoms with E-state index in [9.17, 15) is 0 Å². The molecule has 84 valence electrons. The van der Waals surface area contributed by atoms with Crippen LogP contribution in [0.15, 0.2) is 36.7 Å². The molecule has 0 aliphatic rings. The summed E-state index contributed by atoms with van der Waals surface area (Å²) < 4.78 is 1.63. The van der Waals surface area contributed by atoms with Gasteiger partial charge in [-0.2, -0.15) is 5.10 Å². The van der Waals surface area contributed by atoms with E-state index in [0.717, 1.165) is 22.6 Å². The Balaban J connectivity index is 2.24. The van der Waals surface area contributed by atoms with E-state index in [1.807, 2.05) is 25.1 Å². The zero-order valence-electron chi connectivity index (χ0n) is 9.13. The lowest BCUT2D eigenvalue weighted by molar-refractivity contribution is 0.934. The molecule has 0 unspecified atom stereocenters. The molecule has 0 fully saturated rings. The van der Waals surface area contributed by atoms with Crippen molar-refractivity contribution in [1.29, 1.82) is 0 Å². The highest BCUT2D eigenvalue weighted by Gasteiger charge is 2.08. The molecule has 5 heteroatoms. The fraction of sp³-hybridized carbons (Fsp3) is 0.0833. The molecule has 0 aliphatic carbocycles. The van der Waals surface area contributed by atoms with E-state index < -0.39 is 0 Å². The van der Waals surface area contributed by atoms with Gasteiger partial charge in [0.1, 0.15) is 5.15 Å². The Morgan fingerprint density at radius 3 is 2.71 bits per heavy atom. The van der Waals surface area contributed by atoms with Crippen molar-refractivity contribution in [2.75, 3.05) is 0 Å². The van der Waals surface area contributed by atoms with E-state index in [2.05, 4.69) is 15.1 Å². The number of aryl methyl sites for hydroxylation is 1. The summed E-state index contributed by atoms with van der Waals surface area (Å²) in [5.74, 6) is 0. The molecule has 3 aromatic rings. The van der Waals surface area contributed by atoms with Gasteiger partial charge in [0.15, 0.2) is 5.65 Å². The first-order chi connectivity index (χ1) is 8.24. The van der Waals surface area contributed by atoms with Crippen molar-refractivity contribution in [2.24, 2.45) is 0 Å². The quantitative estimate of drug-likeness (QED) is 0.618. The van der Waals surface area contributed by atoms with Crippen molar-refractivity contribution in [3.63, 3.8) is 0 Å². The lowest BCUT2D eigenvalue weighted by Crippen LogP contribution is -1.93. The van der Waals surface area contributed by atoms with Crippen LogP contribution in [0.25, 0.3) is 16.9 Å². The molecule has 0 bridgehead atoms. The molecule has 0 aromatic carbocycles. The van der Waals surface area contributed by atoms with Crippen LogP contribution >= 0.6 is 11.6 Å². The maximum absolute atomic E-state index is 6.11. The molecule has 0 saturated heterocycles. The van der Waals surface area contributed by atoms with Crippen molar-refractivity contribution < 1.29 is 0 Å². The number of aromatic nitrogens is 4. The molecular formula is C12H9ClN4. The average molecular weight is 245 g/mol. The van der Waals surface area contributed by atoms with Gasteiger partial charge in [0.05, 0.1) is 5.69 Å². The van der Waals surface area contributed by atoms with Gasteiger partial charge in [-0.25, -0.2) is 9.50 Å². The van der Waals surface area contributed by atoms with E-state index >= 15 is 0 Å². The second-order valence-electron chi connectivity index (χ2n) is 3.76. The maximum atomic E-state index is 6.11. The van der Waals surface area contributed by atoms with Crippen LogP contribution in [-0.4, -0.2) is 19.6 Å². The van der Waals surface area contributed by atoms with Crippen LogP contribution in [0.1, 0.15) is 5.69 Å². The Hall–Kier alpha value is -1.94. The van der Waals surface area contributed by atoms with Crippen LogP contribution in [0.5, 0.6) is 0 Å². The molecule has 3 heterocycles. The summed E-state index contributed by atoms with van der Waals surface area (Å²) in [6, 6.07) is 7.51. The summed E-state index contributed by atoms with van der Waals surface area (Å²) in [5.41, 5.74) is 3.47. The van der Waals surface area contributed by atoms with Crippen LogP contribution in [0.4, 0.5) is 0 Å². The minimum absolute atomic E-state index is 0.563. The molecule has 0 radical (unpaired) electrons. The van der Waals surface area contributed by atoms with Crippen molar-refractivity contribution in [3.8, 4) is 11.3 Å². The van der Waals surface area contributed by atoms with Crippen LogP contribution in [0, 0.1) is 6.92 Å². The van der Waals surface area contributed by atoms with Gasteiger partial charge in [-0.1, -0.05) is 11.6 Å². The van der Waals surface area contributed by atoms with Crippen LogP contribution in [-0.2, 0) is 0 Å². The monoisotopic (exact) mass is 244 g/mol. The maximum Gasteiger partial charge on any atom is 0.157 e. The summed E-state index contributed by atoms with van der Waals surface area (Å²) in [4.78, 5) is 8.36. The summed E-state index contributed by atoms with van der Waals surface area (Å²) in [5, 5.41) is 4.98. The number of hydrogen-bond acceptors (Lipinski definition) is 3. The van der Waals surface area contributed by atoms with Crippen LogP contribution in [0.3, 0.4) is 0 Å². The van der Waals surface area contributed by atoms with Gasteiger partial charge in [-0.3, -0.25) is 4.98 Å². The Bertz CT molecular complexity index is 676. The molecule has 3 rings (SSSR count). The van der Waals surface area contributed by atoms with Gasteiger partial charge in [0, 0.05) is 29.7 Å². The minimum Gasteiger partial charge on any atom is -0.265 e. The standard InChI is InChI=1S/C12H9ClN4/c1-8-6-11(13)17-12(15-8)7-10(16-17)9-2-4-14-5-3-9/h2-7H,1H3. The van der Waals surface area contributed by atoms with Crippen molar-refractivity contribution in [1.82, 2.24) is 19.6 Å². The van der Waals surface area contributed by atoms with Gasteiger partial charge >= 0.3 is 0 Å². The third kappa shape index (κ3) is 1.76. The second kappa shape index (κ2) is 3.82. The number of rotatable bonds is 1. The van der Waals surface area contributed by atoms with Crippen molar-refractivity contribution in [3.05, 3.63) is 47.5 Å². The zero-order valence-corrected chi connectivity index (χ0v) is 9.89. The molecule has 0 aliphatic heterocycles. The summed E-state index contributed by atoms with van der Waals surface area (Å²) in [7, 11) is 0. The third-order valence-corrected chi connectivity index (χ3v) is 2.76. The average Bonchev–Trinajstić information content (AvgIpc) is 2.74.